The molecule has 0 saturated carbocycles. The lowest BCUT2D eigenvalue weighted by Gasteiger charge is -2.20. The van der Waals surface area contributed by atoms with Crippen LogP contribution in [0.1, 0.15) is 12.7 Å². The highest BCUT2D eigenvalue weighted by molar-refractivity contribution is 4.94. The number of nitrogens with zero attached hydrogens (tertiary/aromatic N) is 2. The van der Waals surface area contributed by atoms with E-state index >= 15 is 0 Å². The van der Waals surface area contributed by atoms with Crippen molar-refractivity contribution >= 4 is 0 Å². The van der Waals surface area contributed by atoms with Gasteiger partial charge in [0.15, 0.2) is 0 Å². The molecular weight excluding hydrogens is 278 g/mol. The summed E-state index contributed by atoms with van der Waals surface area (Å²) in [6.07, 6.45) is 0.154. The van der Waals surface area contributed by atoms with Gasteiger partial charge in [-0.2, -0.15) is 8.78 Å². The molecule has 1 aromatic heterocycles. The largest absolute Gasteiger partial charge is 0.373 e. The number of nitrogens with one attached hydrogen (secondary N) is 1. The number of halogens is 4. The van der Waals surface area contributed by atoms with E-state index in [0.29, 0.717) is 13.0 Å². The molecule has 0 spiro atoms. The number of likely N-dealkylation sites (N-methyl/N-ethyl adjacent to an activating group) is 1. The lowest BCUT2D eigenvalue weighted by Crippen LogP contribution is -2.39. The van der Waals surface area contributed by atoms with E-state index < -0.39 is 19.0 Å². The van der Waals surface area contributed by atoms with Crippen LogP contribution in [0, 0.1) is 0 Å². The minimum Gasteiger partial charge on any atom is -0.373 e. The predicted octanol–water partition coefficient (Wildman–Crippen LogP) is 1.86. The van der Waals surface area contributed by atoms with Gasteiger partial charge in [-0.1, -0.05) is 6.92 Å². The third-order valence-electron chi connectivity index (χ3n) is 2.78. The summed E-state index contributed by atoms with van der Waals surface area (Å²) in [5.41, 5.74) is 0. The van der Waals surface area contributed by atoms with E-state index in [2.05, 4.69) is 10.3 Å². The van der Waals surface area contributed by atoms with Gasteiger partial charge in [-0.15, -0.1) is 0 Å². The molecule has 4 nitrogen and oxygen atoms in total. The van der Waals surface area contributed by atoms with Crippen LogP contribution in [0.5, 0.6) is 0 Å². The highest BCUT2D eigenvalue weighted by atomic mass is 19.3. The quantitative estimate of drug-likeness (QED) is 0.707. The molecule has 0 fully saturated rings. The normalized spacial score (nSPS) is 13.9. The summed E-state index contributed by atoms with van der Waals surface area (Å²) in [7, 11) is 1.82. The van der Waals surface area contributed by atoms with Crippen LogP contribution in [0.3, 0.4) is 0 Å². The van der Waals surface area contributed by atoms with E-state index in [9.17, 15) is 17.6 Å². The molecule has 1 heterocycles. The van der Waals surface area contributed by atoms with Crippen LogP contribution < -0.4 is 5.32 Å². The summed E-state index contributed by atoms with van der Waals surface area (Å²) in [5.74, 6) is -3.35. The molecule has 1 N–H and O–H groups in total. The number of aromatic nitrogens is 2. The molecule has 1 unspecified atom stereocenters. The highest BCUT2D eigenvalue weighted by Crippen LogP contribution is 2.22. The number of aryl methyl sites for hydroxylation is 1. The zero-order chi connectivity index (χ0) is 15.2. The van der Waals surface area contributed by atoms with Gasteiger partial charge < -0.3 is 14.6 Å². The van der Waals surface area contributed by atoms with E-state index in [1.807, 2.05) is 14.0 Å². The monoisotopic (exact) mass is 297 g/mol. The minimum absolute atomic E-state index is 0.0803. The van der Waals surface area contributed by atoms with Crippen molar-refractivity contribution in [3.63, 3.8) is 0 Å². The van der Waals surface area contributed by atoms with Gasteiger partial charge in [0.05, 0.1) is 6.61 Å². The van der Waals surface area contributed by atoms with E-state index in [4.69, 9.17) is 4.74 Å². The Morgan fingerprint density at radius 2 is 2.15 bits per heavy atom. The molecule has 0 aliphatic rings. The van der Waals surface area contributed by atoms with Crippen molar-refractivity contribution in [2.45, 2.75) is 31.7 Å². The van der Waals surface area contributed by atoms with Gasteiger partial charge in [0.1, 0.15) is 12.4 Å². The van der Waals surface area contributed by atoms with Gasteiger partial charge in [0.25, 0.3) is 0 Å². The Bertz CT molecular complexity index is 398. The Kier molecular flexibility index (Phi) is 6.41. The number of alkyl halides is 4. The third-order valence-corrected chi connectivity index (χ3v) is 2.78. The Morgan fingerprint density at radius 1 is 1.45 bits per heavy atom. The second-order valence-corrected chi connectivity index (χ2v) is 4.49. The molecule has 8 heteroatoms. The molecule has 1 atom stereocenters. The average Bonchev–Trinajstić information content (AvgIpc) is 2.75. The van der Waals surface area contributed by atoms with Crippen LogP contribution in [0.2, 0.25) is 0 Å². The summed E-state index contributed by atoms with van der Waals surface area (Å²) in [5, 5.41) is 3.05. The fourth-order valence-corrected chi connectivity index (χ4v) is 1.69. The van der Waals surface area contributed by atoms with Crippen LogP contribution in [0.4, 0.5) is 17.6 Å². The predicted molar refractivity (Wildman–Crippen MR) is 66.1 cm³/mol. The number of ether oxygens (including phenoxy) is 1. The molecule has 20 heavy (non-hydrogen) atoms. The molecule has 0 aromatic carbocycles. The molecule has 0 radical (unpaired) electrons. The van der Waals surface area contributed by atoms with Crippen molar-refractivity contribution < 1.29 is 22.3 Å². The van der Waals surface area contributed by atoms with Gasteiger partial charge in [0, 0.05) is 31.9 Å². The fourth-order valence-electron chi connectivity index (χ4n) is 1.69. The molecule has 116 valence electrons. The fraction of sp³-hybridized carbons (Fsp3) is 0.750. The van der Waals surface area contributed by atoms with Gasteiger partial charge >= 0.3 is 12.3 Å². The topological polar surface area (TPSA) is 39.1 Å². The van der Waals surface area contributed by atoms with Gasteiger partial charge in [-0.25, -0.2) is 13.8 Å². The second-order valence-electron chi connectivity index (χ2n) is 4.49. The van der Waals surface area contributed by atoms with E-state index in [-0.39, 0.29) is 12.6 Å². The highest BCUT2D eigenvalue weighted by Gasteiger charge is 2.41. The van der Waals surface area contributed by atoms with E-state index in [1.165, 1.54) is 0 Å². The maximum atomic E-state index is 12.7. The maximum absolute atomic E-state index is 12.7. The van der Waals surface area contributed by atoms with Crippen LogP contribution >= 0.6 is 0 Å². The van der Waals surface area contributed by atoms with Crippen molar-refractivity contribution in [2.24, 2.45) is 7.05 Å². The summed E-state index contributed by atoms with van der Waals surface area (Å²) >= 11 is 0. The first-order valence-corrected chi connectivity index (χ1v) is 6.30. The number of hydrogen-bond donors (Lipinski definition) is 1. The molecule has 0 bridgehead atoms. The first-order chi connectivity index (χ1) is 9.36. The number of imidazole rings is 1. The molecule has 1 rings (SSSR count). The number of rotatable bonds is 9. The zero-order valence-electron chi connectivity index (χ0n) is 11.5. The molecule has 0 aliphatic carbocycles. The summed E-state index contributed by atoms with van der Waals surface area (Å²) < 4.78 is 55.9. The lowest BCUT2D eigenvalue weighted by molar-refractivity contribution is -0.167. The minimum atomic E-state index is -4.11. The lowest BCUT2D eigenvalue weighted by atomic mass is 10.2. The average molecular weight is 297 g/mol. The Morgan fingerprint density at radius 3 is 2.65 bits per heavy atom. The standard InChI is InChI=1S/C12H19F4N3O/c1-3-17-9(6-10-18-4-5-19(10)2)7-20-8-12(15,16)11(13)14/h4-5,9,11,17H,3,6-8H2,1-2H3. The first-order valence-electron chi connectivity index (χ1n) is 6.30. The van der Waals surface area contributed by atoms with Crippen LogP contribution in [0.15, 0.2) is 12.4 Å². The summed E-state index contributed by atoms with van der Waals surface area (Å²) in [4.78, 5) is 4.12. The third kappa shape index (κ3) is 5.09. The van der Waals surface area contributed by atoms with Crippen molar-refractivity contribution in [2.75, 3.05) is 19.8 Å². The van der Waals surface area contributed by atoms with Gasteiger partial charge in [-0.05, 0) is 6.54 Å². The van der Waals surface area contributed by atoms with Crippen LogP contribution in [0.25, 0.3) is 0 Å². The maximum Gasteiger partial charge on any atom is 0.330 e. The Balaban J connectivity index is 2.46. The van der Waals surface area contributed by atoms with Crippen LogP contribution in [-0.2, 0) is 18.2 Å². The van der Waals surface area contributed by atoms with Crippen LogP contribution in [-0.4, -0.2) is 47.7 Å². The SMILES string of the molecule is CCNC(COCC(F)(F)C(F)F)Cc1nccn1C. The smallest absolute Gasteiger partial charge is 0.330 e. The molecule has 1 aromatic rings. The van der Waals surface area contributed by atoms with Crippen molar-refractivity contribution in [1.82, 2.24) is 14.9 Å². The van der Waals surface area contributed by atoms with Crippen molar-refractivity contribution in [3.8, 4) is 0 Å². The van der Waals surface area contributed by atoms with Gasteiger partial charge in [-0.3, -0.25) is 0 Å². The Hall–Kier alpha value is -1.15. The van der Waals surface area contributed by atoms with Crippen molar-refractivity contribution in [1.29, 1.82) is 0 Å². The van der Waals surface area contributed by atoms with E-state index in [0.717, 1.165) is 5.82 Å². The van der Waals surface area contributed by atoms with E-state index in [1.54, 1.807) is 17.0 Å². The summed E-state index contributed by atoms with van der Waals surface area (Å²) in [6, 6.07) is -0.255. The Labute approximate surface area is 115 Å². The zero-order valence-corrected chi connectivity index (χ0v) is 11.5. The molecule has 0 saturated heterocycles. The molecule has 0 amide bonds. The summed E-state index contributed by atoms with van der Waals surface area (Å²) in [6.45, 7) is 1.11. The first kappa shape index (κ1) is 16.9. The second kappa shape index (κ2) is 7.58. The molecular formula is C12H19F4N3O. The van der Waals surface area contributed by atoms with Gasteiger partial charge in [0.2, 0.25) is 0 Å². The van der Waals surface area contributed by atoms with Crippen molar-refractivity contribution in [3.05, 3.63) is 18.2 Å². The molecule has 0 aliphatic heterocycles. The number of hydrogen-bond acceptors (Lipinski definition) is 3.